The van der Waals surface area contributed by atoms with Crippen LogP contribution >= 0.6 is 0 Å². The molecule has 1 aromatic heterocycles. The zero-order valence-corrected chi connectivity index (χ0v) is 12.4. The van der Waals surface area contributed by atoms with Crippen LogP contribution < -0.4 is 9.80 Å². The highest BCUT2D eigenvalue weighted by atomic mass is 15.2. The molecular weight excluding hydrogens is 260 g/mol. The van der Waals surface area contributed by atoms with Crippen molar-refractivity contribution in [3.8, 4) is 0 Å². The minimum Gasteiger partial charge on any atom is -0.371 e. The van der Waals surface area contributed by atoms with Crippen molar-refractivity contribution in [1.82, 2.24) is 9.97 Å². The molecule has 0 atom stereocenters. The Morgan fingerprint density at radius 2 is 2.00 bits per heavy atom. The predicted molar refractivity (Wildman–Crippen MR) is 85.8 cm³/mol. The largest absolute Gasteiger partial charge is 0.371 e. The number of piperidine rings is 1. The van der Waals surface area contributed by atoms with Crippen molar-refractivity contribution in [3.63, 3.8) is 0 Å². The second-order valence-electron chi connectivity index (χ2n) is 6.09. The highest BCUT2D eigenvalue weighted by Gasteiger charge is 2.21. The molecule has 4 heteroatoms. The molecule has 2 aliphatic heterocycles. The topological polar surface area (TPSA) is 35.2 Å². The molecule has 0 bridgehead atoms. The average molecular weight is 282 g/mol. The summed E-state index contributed by atoms with van der Waals surface area (Å²) < 4.78 is 0. The Bertz CT molecular complexity index is 599. The summed E-state index contributed by atoms with van der Waals surface area (Å²) in [6.07, 6.45) is 8.94. The molecule has 1 fully saturated rings. The van der Waals surface area contributed by atoms with Crippen LogP contribution in [-0.2, 0) is 13.0 Å². The molecule has 0 aliphatic carbocycles. The van der Waals surface area contributed by atoms with Crippen LogP contribution in [0.5, 0.6) is 0 Å². The van der Waals surface area contributed by atoms with Gasteiger partial charge in [-0.2, -0.15) is 0 Å². The van der Waals surface area contributed by atoms with Gasteiger partial charge >= 0.3 is 0 Å². The molecule has 0 amide bonds. The van der Waals surface area contributed by atoms with E-state index >= 15 is 0 Å². The third kappa shape index (κ3) is 2.50. The van der Waals surface area contributed by atoms with E-state index in [1.165, 1.54) is 49.3 Å². The van der Waals surface area contributed by atoms with E-state index in [9.17, 15) is 0 Å². The zero-order chi connectivity index (χ0) is 14.1. The smallest absolute Gasteiger partial charge is 0.0923 e. The Labute approximate surface area is 125 Å². The van der Waals surface area contributed by atoms with Crippen molar-refractivity contribution < 1.29 is 0 Å². The van der Waals surface area contributed by atoms with Crippen molar-refractivity contribution in [2.24, 2.45) is 0 Å². The van der Waals surface area contributed by atoms with Gasteiger partial charge in [0.15, 0.2) is 0 Å². The second-order valence-corrected chi connectivity index (χ2v) is 6.09. The normalized spacial score (nSPS) is 18.1. The number of rotatable bonds is 3. The highest BCUT2D eigenvalue weighted by Crippen LogP contribution is 2.33. The van der Waals surface area contributed by atoms with Gasteiger partial charge in [-0.1, -0.05) is 6.07 Å². The number of fused-ring (bicyclic) bond motifs is 1. The quantitative estimate of drug-likeness (QED) is 0.940. The molecule has 2 aromatic rings. The van der Waals surface area contributed by atoms with Gasteiger partial charge in [0.2, 0.25) is 0 Å². The summed E-state index contributed by atoms with van der Waals surface area (Å²) in [5, 5.41) is 0. The number of hydrogen-bond acceptors (Lipinski definition) is 3. The minimum atomic E-state index is 0.903. The molecular formula is C17H22N4. The van der Waals surface area contributed by atoms with Crippen LogP contribution in [0, 0.1) is 0 Å². The van der Waals surface area contributed by atoms with E-state index in [2.05, 4.69) is 38.0 Å². The first-order valence-corrected chi connectivity index (χ1v) is 8.01. The van der Waals surface area contributed by atoms with Gasteiger partial charge in [-0.3, -0.25) is 0 Å². The summed E-state index contributed by atoms with van der Waals surface area (Å²) in [5.41, 5.74) is 5.39. The molecule has 4 nitrogen and oxygen atoms in total. The molecule has 0 spiro atoms. The van der Waals surface area contributed by atoms with Crippen molar-refractivity contribution in [3.05, 3.63) is 42.0 Å². The molecule has 0 unspecified atom stereocenters. The van der Waals surface area contributed by atoms with Crippen LogP contribution in [-0.4, -0.2) is 29.6 Å². The summed E-state index contributed by atoms with van der Waals surface area (Å²) in [5.74, 6) is 0. The monoisotopic (exact) mass is 282 g/mol. The predicted octanol–water partition coefficient (Wildman–Crippen LogP) is 2.96. The maximum atomic E-state index is 4.36. The van der Waals surface area contributed by atoms with Crippen LogP contribution in [0.4, 0.5) is 11.4 Å². The van der Waals surface area contributed by atoms with Crippen molar-refractivity contribution >= 4 is 11.4 Å². The van der Waals surface area contributed by atoms with E-state index in [-0.39, 0.29) is 0 Å². The molecule has 21 heavy (non-hydrogen) atoms. The van der Waals surface area contributed by atoms with Crippen LogP contribution in [0.2, 0.25) is 0 Å². The van der Waals surface area contributed by atoms with Crippen molar-refractivity contribution in [2.45, 2.75) is 32.2 Å². The van der Waals surface area contributed by atoms with E-state index in [4.69, 9.17) is 0 Å². The van der Waals surface area contributed by atoms with Crippen LogP contribution in [0.3, 0.4) is 0 Å². The van der Waals surface area contributed by atoms with Gasteiger partial charge in [-0.25, -0.2) is 4.98 Å². The van der Waals surface area contributed by atoms with Crippen LogP contribution in [0.15, 0.2) is 30.7 Å². The summed E-state index contributed by atoms with van der Waals surface area (Å²) in [7, 11) is 0. The van der Waals surface area contributed by atoms with E-state index in [0.717, 1.165) is 25.2 Å². The number of nitrogens with zero attached hydrogens (tertiary/aromatic N) is 3. The lowest BCUT2D eigenvalue weighted by Crippen LogP contribution is -2.29. The zero-order valence-electron chi connectivity index (χ0n) is 12.4. The molecule has 3 heterocycles. The molecule has 110 valence electrons. The van der Waals surface area contributed by atoms with Gasteiger partial charge < -0.3 is 14.8 Å². The average Bonchev–Trinajstić information content (AvgIpc) is 3.19. The number of benzene rings is 1. The first-order chi connectivity index (χ1) is 10.4. The lowest BCUT2D eigenvalue weighted by Gasteiger charge is -2.30. The van der Waals surface area contributed by atoms with Crippen molar-refractivity contribution in [2.75, 3.05) is 29.4 Å². The highest BCUT2D eigenvalue weighted by molar-refractivity contribution is 5.66. The lowest BCUT2D eigenvalue weighted by molar-refractivity contribution is 0.578. The lowest BCUT2D eigenvalue weighted by atomic mass is 10.1. The van der Waals surface area contributed by atoms with E-state index < -0.39 is 0 Å². The van der Waals surface area contributed by atoms with E-state index in [1.54, 1.807) is 6.33 Å². The van der Waals surface area contributed by atoms with Gasteiger partial charge in [0.1, 0.15) is 0 Å². The second kappa shape index (κ2) is 5.43. The SMILES string of the molecule is c1nc(CN2CCc3ccc(N4CCCCC4)cc32)c[nH]1. The third-order valence-electron chi connectivity index (χ3n) is 4.69. The molecule has 0 saturated carbocycles. The number of hydrogen-bond donors (Lipinski definition) is 1. The standard InChI is InChI=1S/C17H22N4/c1-2-7-20(8-3-1)16-5-4-14-6-9-21(17(14)10-16)12-15-11-18-13-19-15/h4-5,10-11,13H,1-3,6-9,12H2,(H,18,19). The molecule has 2 aliphatic rings. The van der Waals surface area contributed by atoms with Gasteiger partial charge in [0, 0.05) is 37.2 Å². The fourth-order valence-corrected chi connectivity index (χ4v) is 3.52. The maximum absolute atomic E-state index is 4.36. The Morgan fingerprint density at radius 3 is 2.81 bits per heavy atom. The van der Waals surface area contributed by atoms with Gasteiger partial charge in [0.05, 0.1) is 18.6 Å². The number of imidazole rings is 1. The molecule has 1 aromatic carbocycles. The Kier molecular flexibility index (Phi) is 3.30. The molecule has 0 radical (unpaired) electrons. The van der Waals surface area contributed by atoms with E-state index in [1.807, 2.05) is 6.20 Å². The first kappa shape index (κ1) is 12.7. The van der Waals surface area contributed by atoms with Gasteiger partial charge in [0.25, 0.3) is 0 Å². The summed E-state index contributed by atoms with van der Waals surface area (Å²) in [6, 6.07) is 7.02. The van der Waals surface area contributed by atoms with Crippen molar-refractivity contribution in [1.29, 1.82) is 0 Å². The fraction of sp³-hybridized carbons (Fsp3) is 0.471. The molecule has 1 saturated heterocycles. The molecule has 4 rings (SSSR count). The molecule has 1 N–H and O–H groups in total. The van der Waals surface area contributed by atoms with Crippen LogP contribution in [0.25, 0.3) is 0 Å². The van der Waals surface area contributed by atoms with Gasteiger partial charge in [-0.05, 0) is 43.4 Å². The number of anilines is 2. The number of aromatic amines is 1. The van der Waals surface area contributed by atoms with Gasteiger partial charge in [-0.15, -0.1) is 0 Å². The Balaban J connectivity index is 1.58. The van der Waals surface area contributed by atoms with Crippen LogP contribution in [0.1, 0.15) is 30.5 Å². The summed E-state index contributed by atoms with van der Waals surface area (Å²) in [6.45, 7) is 4.42. The Morgan fingerprint density at radius 1 is 1.10 bits per heavy atom. The summed E-state index contributed by atoms with van der Waals surface area (Å²) in [4.78, 5) is 12.4. The number of aromatic nitrogens is 2. The van der Waals surface area contributed by atoms with E-state index in [0.29, 0.717) is 0 Å². The number of H-pyrrole nitrogens is 1. The first-order valence-electron chi connectivity index (χ1n) is 8.01. The minimum absolute atomic E-state index is 0.903. The fourth-order valence-electron chi connectivity index (χ4n) is 3.52. The summed E-state index contributed by atoms with van der Waals surface area (Å²) >= 11 is 0. The Hall–Kier alpha value is -1.97. The number of nitrogens with one attached hydrogen (secondary N) is 1. The maximum Gasteiger partial charge on any atom is 0.0923 e. The third-order valence-corrected chi connectivity index (χ3v) is 4.69.